The first-order valence-corrected chi connectivity index (χ1v) is 5.94. The van der Waals surface area contributed by atoms with E-state index in [1.165, 1.54) is 12.8 Å². The van der Waals surface area contributed by atoms with Crippen molar-refractivity contribution in [2.24, 2.45) is 10.4 Å². The Labute approximate surface area is 125 Å². The van der Waals surface area contributed by atoms with Crippen molar-refractivity contribution >= 4 is 29.9 Å². The summed E-state index contributed by atoms with van der Waals surface area (Å²) in [7, 11) is 3.80. The fraction of sp³-hybridized carbons (Fsp3) is 0.667. The lowest BCUT2D eigenvalue weighted by atomic mass is 10.1. The molecule has 1 saturated carbocycles. The number of hydrogen-bond donors (Lipinski definition) is 1. The maximum Gasteiger partial charge on any atom is 0.193 e. The fourth-order valence-corrected chi connectivity index (χ4v) is 1.70. The van der Waals surface area contributed by atoms with Crippen LogP contribution >= 0.6 is 24.0 Å². The number of aromatic nitrogens is 1. The zero-order chi connectivity index (χ0) is 12.3. The number of rotatable bonds is 4. The molecule has 2 rings (SSSR count). The van der Waals surface area contributed by atoms with Crippen molar-refractivity contribution in [1.29, 1.82) is 0 Å². The molecule has 5 nitrogen and oxygen atoms in total. The Hall–Kier alpha value is -0.790. The molecular weight excluding hydrogens is 343 g/mol. The van der Waals surface area contributed by atoms with Crippen LogP contribution in [0.2, 0.25) is 0 Å². The minimum Gasteiger partial charge on any atom is -0.364 e. The maximum atomic E-state index is 4.82. The van der Waals surface area contributed by atoms with Gasteiger partial charge in [-0.3, -0.25) is 4.99 Å². The molecule has 18 heavy (non-hydrogen) atoms. The minimum absolute atomic E-state index is 0. The zero-order valence-electron chi connectivity index (χ0n) is 11.1. The Morgan fingerprint density at radius 3 is 2.83 bits per heavy atom. The Morgan fingerprint density at radius 1 is 1.61 bits per heavy atom. The molecule has 1 aromatic rings. The van der Waals surface area contributed by atoms with E-state index in [0.29, 0.717) is 12.0 Å². The summed E-state index contributed by atoms with van der Waals surface area (Å²) in [6.07, 6.45) is 4.21. The van der Waals surface area contributed by atoms with Crippen molar-refractivity contribution < 1.29 is 4.52 Å². The van der Waals surface area contributed by atoms with Gasteiger partial charge in [0.25, 0.3) is 0 Å². The fourth-order valence-electron chi connectivity index (χ4n) is 1.70. The number of guanidine groups is 1. The summed E-state index contributed by atoms with van der Waals surface area (Å²) in [5, 5.41) is 7.30. The van der Waals surface area contributed by atoms with E-state index in [2.05, 4.69) is 22.4 Å². The Balaban J connectivity index is 0.00000162. The molecule has 0 aliphatic heterocycles. The van der Waals surface area contributed by atoms with Gasteiger partial charge in [-0.15, -0.1) is 24.0 Å². The highest BCUT2D eigenvalue weighted by Gasteiger charge is 2.37. The minimum atomic E-state index is 0. The second kappa shape index (κ2) is 6.40. The van der Waals surface area contributed by atoms with Crippen molar-refractivity contribution in [2.75, 3.05) is 20.6 Å². The lowest BCUT2D eigenvalue weighted by Crippen LogP contribution is -2.40. The SMILES string of the molecule is CN=C(NCC1(C)CC1)N(C)Cc1ccon1.I. The summed E-state index contributed by atoms with van der Waals surface area (Å²) < 4.78 is 4.82. The lowest BCUT2D eigenvalue weighted by Gasteiger charge is -2.22. The van der Waals surface area contributed by atoms with Gasteiger partial charge >= 0.3 is 0 Å². The summed E-state index contributed by atoms with van der Waals surface area (Å²) in [4.78, 5) is 6.32. The van der Waals surface area contributed by atoms with E-state index >= 15 is 0 Å². The van der Waals surface area contributed by atoms with Gasteiger partial charge in [0.2, 0.25) is 0 Å². The summed E-state index contributed by atoms with van der Waals surface area (Å²) in [6, 6.07) is 1.87. The maximum absolute atomic E-state index is 4.82. The third kappa shape index (κ3) is 4.15. The topological polar surface area (TPSA) is 53.7 Å². The Morgan fingerprint density at radius 2 is 2.33 bits per heavy atom. The highest BCUT2D eigenvalue weighted by Crippen LogP contribution is 2.44. The lowest BCUT2D eigenvalue weighted by molar-refractivity contribution is 0.389. The number of hydrogen-bond acceptors (Lipinski definition) is 3. The molecule has 6 heteroatoms. The molecule has 1 aliphatic carbocycles. The number of nitrogens with zero attached hydrogens (tertiary/aromatic N) is 3. The third-order valence-corrected chi connectivity index (χ3v) is 3.24. The van der Waals surface area contributed by atoms with Gasteiger partial charge in [-0.1, -0.05) is 12.1 Å². The van der Waals surface area contributed by atoms with E-state index in [9.17, 15) is 0 Å². The van der Waals surface area contributed by atoms with Crippen molar-refractivity contribution in [2.45, 2.75) is 26.3 Å². The molecule has 102 valence electrons. The largest absolute Gasteiger partial charge is 0.364 e. The standard InChI is InChI=1S/C12H20N4O.HI/c1-12(5-6-12)9-14-11(13-2)16(3)8-10-4-7-17-15-10;/h4,7H,5-6,8-9H2,1-3H3,(H,13,14);1H. The molecule has 0 atom stereocenters. The second-order valence-electron chi connectivity index (χ2n) is 5.06. The predicted molar refractivity (Wildman–Crippen MR) is 82.1 cm³/mol. The van der Waals surface area contributed by atoms with Crippen LogP contribution in [-0.2, 0) is 6.54 Å². The number of halogens is 1. The smallest absolute Gasteiger partial charge is 0.193 e. The van der Waals surface area contributed by atoms with Crippen LogP contribution in [-0.4, -0.2) is 36.7 Å². The Kier molecular flexibility index (Phi) is 5.43. The third-order valence-electron chi connectivity index (χ3n) is 3.24. The molecular formula is C12H21IN4O. The number of aliphatic imine (C=N–C) groups is 1. The van der Waals surface area contributed by atoms with Gasteiger partial charge in [0, 0.05) is 26.7 Å². The molecule has 0 radical (unpaired) electrons. The van der Waals surface area contributed by atoms with Crippen molar-refractivity contribution in [1.82, 2.24) is 15.4 Å². The van der Waals surface area contributed by atoms with Crippen molar-refractivity contribution in [3.05, 3.63) is 18.0 Å². The van der Waals surface area contributed by atoms with Gasteiger partial charge in [0.15, 0.2) is 5.96 Å². The first-order chi connectivity index (χ1) is 8.13. The second-order valence-corrected chi connectivity index (χ2v) is 5.06. The Bertz CT molecular complexity index is 387. The van der Waals surface area contributed by atoms with Crippen LogP contribution in [0.3, 0.4) is 0 Å². The average molecular weight is 364 g/mol. The van der Waals surface area contributed by atoms with Gasteiger partial charge in [-0.25, -0.2) is 0 Å². The van der Waals surface area contributed by atoms with Gasteiger partial charge in [-0.2, -0.15) is 0 Å². The molecule has 0 unspecified atom stereocenters. The van der Waals surface area contributed by atoms with E-state index in [1.807, 2.05) is 18.0 Å². The molecule has 1 fully saturated rings. The quantitative estimate of drug-likeness (QED) is 0.505. The number of nitrogens with one attached hydrogen (secondary N) is 1. The van der Waals surface area contributed by atoms with Crippen LogP contribution < -0.4 is 5.32 Å². The summed E-state index contributed by atoms with van der Waals surface area (Å²) >= 11 is 0. The molecule has 1 N–H and O–H groups in total. The van der Waals surface area contributed by atoms with Crippen LogP contribution in [0.5, 0.6) is 0 Å². The molecule has 0 saturated heterocycles. The van der Waals surface area contributed by atoms with Gasteiger partial charge in [0.1, 0.15) is 12.0 Å². The van der Waals surface area contributed by atoms with Crippen LogP contribution in [0.15, 0.2) is 21.8 Å². The molecule has 0 amide bonds. The molecule has 1 aromatic heterocycles. The zero-order valence-corrected chi connectivity index (χ0v) is 13.5. The highest BCUT2D eigenvalue weighted by molar-refractivity contribution is 14.0. The van der Waals surface area contributed by atoms with E-state index in [4.69, 9.17) is 4.52 Å². The van der Waals surface area contributed by atoms with Crippen LogP contribution in [0.1, 0.15) is 25.5 Å². The molecule has 1 heterocycles. The predicted octanol–water partition coefficient (Wildman–Crippen LogP) is 2.10. The summed E-state index contributed by atoms with van der Waals surface area (Å²) in [5.74, 6) is 0.904. The van der Waals surface area contributed by atoms with Crippen molar-refractivity contribution in [3.63, 3.8) is 0 Å². The molecule has 0 bridgehead atoms. The van der Waals surface area contributed by atoms with Crippen LogP contribution in [0, 0.1) is 5.41 Å². The van der Waals surface area contributed by atoms with Crippen LogP contribution in [0.4, 0.5) is 0 Å². The van der Waals surface area contributed by atoms with Crippen molar-refractivity contribution in [3.8, 4) is 0 Å². The normalized spacial score (nSPS) is 16.9. The first kappa shape index (κ1) is 15.3. The average Bonchev–Trinajstić information content (AvgIpc) is 2.82. The highest BCUT2D eigenvalue weighted by atomic mass is 127. The first-order valence-electron chi connectivity index (χ1n) is 5.94. The summed E-state index contributed by atoms with van der Waals surface area (Å²) in [6.45, 7) is 3.99. The van der Waals surface area contributed by atoms with Gasteiger partial charge < -0.3 is 14.7 Å². The van der Waals surface area contributed by atoms with E-state index in [-0.39, 0.29) is 24.0 Å². The monoisotopic (exact) mass is 364 g/mol. The van der Waals surface area contributed by atoms with Crippen LogP contribution in [0.25, 0.3) is 0 Å². The summed E-state index contributed by atoms with van der Waals surface area (Å²) in [5.41, 5.74) is 1.39. The van der Waals surface area contributed by atoms with E-state index in [0.717, 1.165) is 18.2 Å². The molecule has 0 aromatic carbocycles. The molecule has 1 aliphatic rings. The van der Waals surface area contributed by atoms with Gasteiger partial charge in [0.05, 0.1) is 6.54 Å². The van der Waals surface area contributed by atoms with E-state index < -0.39 is 0 Å². The van der Waals surface area contributed by atoms with E-state index in [1.54, 1.807) is 13.3 Å². The molecule has 0 spiro atoms. The van der Waals surface area contributed by atoms with Gasteiger partial charge in [-0.05, 0) is 18.3 Å².